The summed E-state index contributed by atoms with van der Waals surface area (Å²) < 4.78 is 5.07. The molecule has 1 heterocycles. The average Bonchev–Trinajstić information content (AvgIpc) is 3.02. The van der Waals surface area contributed by atoms with Crippen LogP contribution in [0.5, 0.6) is 5.75 Å². The van der Waals surface area contributed by atoms with Gasteiger partial charge in [-0.1, -0.05) is 11.6 Å². The third kappa shape index (κ3) is 2.76. The van der Waals surface area contributed by atoms with E-state index in [4.69, 9.17) is 16.3 Å². The zero-order valence-corrected chi connectivity index (χ0v) is 13.6. The maximum absolute atomic E-state index is 12.6. The van der Waals surface area contributed by atoms with Gasteiger partial charge in [0.15, 0.2) is 0 Å². The summed E-state index contributed by atoms with van der Waals surface area (Å²) in [6, 6.07) is 8.42. The fraction of sp³-hybridized carbons (Fsp3) is 0.125. The molecule has 0 unspecified atom stereocenters. The highest BCUT2D eigenvalue weighted by Crippen LogP contribution is 2.34. The number of benzene rings is 1. The van der Waals surface area contributed by atoms with Crippen molar-refractivity contribution in [2.24, 2.45) is 0 Å². The Bertz CT molecular complexity index is 823. The van der Waals surface area contributed by atoms with Crippen molar-refractivity contribution < 1.29 is 19.4 Å². The molecule has 0 radical (unpaired) electrons. The number of ether oxygens (including phenoxy) is 1. The molecular weight excluding hydrogens is 338 g/mol. The Morgan fingerprint density at radius 2 is 1.91 bits per heavy atom. The molecule has 7 heteroatoms. The van der Waals surface area contributed by atoms with Gasteiger partial charge in [-0.25, -0.2) is 0 Å². The zero-order valence-electron chi connectivity index (χ0n) is 12.1. The van der Waals surface area contributed by atoms with E-state index >= 15 is 0 Å². The summed E-state index contributed by atoms with van der Waals surface area (Å²) in [5.74, 6) is -0.104. The second-order valence-electron chi connectivity index (χ2n) is 4.81. The number of aliphatic hydroxyl groups is 1. The molecule has 0 fully saturated rings. The van der Waals surface area contributed by atoms with Crippen LogP contribution in [-0.4, -0.2) is 23.8 Å². The number of carbonyl (C=O) groups excluding carboxylic acids is 2. The van der Waals surface area contributed by atoms with Crippen LogP contribution in [0.25, 0.3) is 0 Å². The van der Waals surface area contributed by atoms with Gasteiger partial charge < -0.3 is 15.2 Å². The normalized spacial score (nSPS) is 14.0. The highest BCUT2D eigenvalue weighted by Gasteiger charge is 2.33. The molecule has 0 amide bonds. The van der Waals surface area contributed by atoms with Gasteiger partial charge in [-0.15, -0.1) is 11.3 Å². The topological polar surface area (TPSA) is 75.6 Å². The molecule has 0 atom stereocenters. The molecule has 0 spiro atoms. The zero-order chi connectivity index (χ0) is 16.6. The van der Waals surface area contributed by atoms with Gasteiger partial charge in [0.2, 0.25) is 11.6 Å². The maximum atomic E-state index is 12.6. The number of ketones is 2. The molecule has 1 aliphatic carbocycles. The monoisotopic (exact) mass is 349 g/mol. The first-order valence-corrected chi connectivity index (χ1v) is 7.88. The molecule has 1 aromatic heterocycles. The lowest BCUT2D eigenvalue weighted by Crippen LogP contribution is -2.22. The minimum absolute atomic E-state index is 0.0385. The standard InChI is InChI=1S/C16H12ClNO4S/c1-22-9-4-2-8(3-5-9)18-13-12(17)15(21)16-11(14(13)20)6-10(7-19)23-16/h2-6,18-19H,7H2,1H3. The molecule has 0 saturated heterocycles. The van der Waals surface area contributed by atoms with Gasteiger partial charge in [-0.3, -0.25) is 9.59 Å². The van der Waals surface area contributed by atoms with Crippen molar-refractivity contribution in [2.75, 3.05) is 12.4 Å². The van der Waals surface area contributed by atoms with Gasteiger partial charge in [0.05, 0.1) is 18.6 Å². The summed E-state index contributed by atoms with van der Waals surface area (Å²) in [6.45, 7) is -0.225. The SMILES string of the molecule is COc1ccc(NC2=C(Cl)C(=O)c3sc(CO)cc3C2=O)cc1. The average molecular weight is 350 g/mol. The van der Waals surface area contributed by atoms with Gasteiger partial charge in [0, 0.05) is 16.1 Å². The predicted molar refractivity (Wildman–Crippen MR) is 88.4 cm³/mol. The number of aliphatic hydroxyl groups excluding tert-OH is 1. The lowest BCUT2D eigenvalue weighted by molar-refractivity contribution is 0.0985. The molecule has 2 aromatic rings. The number of Topliss-reactive ketones (excluding diaryl/α,β-unsaturated/α-hetero) is 2. The van der Waals surface area contributed by atoms with Crippen LogP contribution in [0.3, 0.4) is 0 Å². The molecule has 0 aliphatic heterocycles. The van der Waals surface area contributed by atoms with Crippen molar-refractivity contribution in [3.8, 4) is 5.75 Å². The lowest BCUT2D eigenvalue weighted by atomic mass is 9.99. The van der Waals surface area contributed by atoms with Gasteiger partial charge in [0.25, 0.3) is 0 Å². The van der Waals surface area contributed by atoms with E-state index in [1.807, 2.05) is 0 Å². The molecule has 1 aliphatic rings. The molecule has 118 valence electrons. The summed E-state index contributed by atoms with van der Waals surface area (Å²) in [7, 11) is 1.56. The van der Waals surface area contributed by atoms with E-state index in [1.165, 1.54) is 6.07 Å². The highest BCUT2D eigenvalue weighted by molar-refractivity contribution is 7.15. The highest BCUT2D eigenvalue weighted by atomic mass is 35.5. The van der Waals surface area contributed by atoms with Crippen LogP contribution in [0.15, 0.2) is 41.1 Å². The Morgan fingerprint density at radius 1 is 1.22 bits per heavy atom. The van der Waals surface area contributed by atoms with E-state index in [-0.39, 0.29) is 33.6 Å². The van der Waals surface area contributed by atoms with Crippen LogP contribution in [0.4, 0.5) is 5.69 Å². The van der Waals surface area contributed by atoms with E-state index in [1.54, 1.807) is 31.4 Å². The van der Waals surface area contributed by atoms with Crippen molar-refractivity contribution in [3.05, 3.63) is 56.4 Å². The first-order chi connectivity index (χ1) is 11.0. The van der Waals surface area contributed by atoms with Crippen LogP contribution in [0.1, 0.15) is 24.9 Å². The van der Waals surface area contributed by atoms with Crippen molar-refractivity contribution in [1.82, 2.24) is 0 Å². The molecular formula is C16H12ClNO4S. The second kappa shape index (κ2) is 6.16. The molecule has 2 N–H and O–H groups in total. The fourth-order valence-corrected chi connectivity index (χ4v) is 3.48. The molecule has 3 rings (SSSR count). The number of fused-ring (bicyclic) bond motifs is 1. The fourth-order valence-electron chi connectivity index (χ4n) is 2.24. The largest absolute Gasteiger partial charge is 0.497 e. The smallest absolute Gasteiger partial charge is 0.217 e. The number of carbonyl (C=O) groups is 2. The van der Waals surface area contributed by atoms with Crippen molar-refractivity contribution in [3.63, 3.8) is 0 Å². The lowest BCUT2D eigenvalue weighted by Gasteiger charge is -2.16. The van der Waals surface area contributed by atoms with Crippen molar-refractivity contribution in [1.29, 1.82) is 0 Å². The number of thiophene rings is 1. The Balaban J connectivity index is 1.96. The van der Waals surface area contributed by atoms with Gasteiger partial charge in [-0.2, -0.15) is 0 Å². The van der Waals surface area contributed by atoms with Crippen molar-refractivity contribution in [2.45, 2.75) is 6.61 Å². The number of nitrogens with one attached hydrogen (secondary N) is 1. The Hall–Kier alpha value is -2.15. The van der Waals surface area contributed by atoms with Gasteiger partial charge >= 0.3 is 0 Å². The van der Waals surface area contributed by atoms with Crippen molar-refractivity contribution >= 4 is 40.2 Å². The Kier molecular flexibility index (Phi) is 4.21. The van der Waals surface area contributed by atoms with Crippen LogP contribution in [0, 0.1) is 0 Å². The third-order valence-electron chi connectivity index (χ3n) is 3.40. The van der Waals surface area contributed by atoms with E-state index in [9.17, 15) is 14.7 Å². The summed E-state index contributed by atoms with van der Waals surface area (Å²) in [5, 5.41) is 11.9. The summed E-state index contributed by atoms with van der Waals surface area (Å²) in [6.07, 6.45) is 0. The Labute approximate surface area is 141 Å². The quantitative estimate of drug-likeness (QED) is 0.886. The third-order valence-corrected chi connectivity index (χ3v) is 4.87. The molecule has 5 nitrogen and oxygen atoms in total. The summed E-state index contributed by atoms with van der Waals surface area (Å²) in [5.41, 5.74) is 0.919. The summed E-state index contributed by atoms with van der Waals surface area (Å²) >= 11 is 7.16. The number of anilines is 1. The minimum atomic E-state index is -0.415. The van der Waals surface area contributed by atoms with Gasteiger partial charge in [0.1, 0.15) is 16.5 Å². The number of hydrogen-bond acceptors (Lipinski definition) is 6. The van der Waals surface area contributed by atoms with E-state index in [0.29, 0.717) is 16.3 Å². The Morgan fingerprint density at radius 3 is 2.52 bits per heavy atom. The number of halogens is 1. The molecule has 23 heavy (non-hydrogen) atoms. The van der Waals surface area contributed by atoms with Crippen LogP contribution < -0.4 is 10.1 Å². The summed E-state index contributed by atoms with van der Waals surface area (Å²) in [4.78, 5) is 25.7. The van der Waals surface area contributed by atoms with E-state index < -0.39 is 5.78 Å². The molecule has 0 saturated carbocycles. The molecule has 1 aromatic carbocycles. The second-order valence-corrected chi connectivity index (χ2v) is 6.33. The van der Waals surface area contributed by atoms with Crippen LogP contribution in [0.2, 0.25) is 0 Å². The maximum Gasteiger partial charge on any atom is 0.217 e. The molecule has 0 bridgehead atoms. The number of methoxy groups -OCH3 is 1. The first kappa shape index (κ1) is 15.7. The first-order valence-electron chi connectivity index (χ1n) is 6.69. The van der Waals surface area contributed by atoms with Crippen LogP contribution >= 0.6 is 22.9 Å². The van der Waals surface area contributed by atoms with E-state index in [0.717, 1.165) is 11.3 Å². The predicted octanol–water partition coefficient (Wildman–Crippen LogP) is 3.19. The van der Waals surface area contributed by atoms with Gasteiger partial charge in [-0.05, 0) is 30.3 Å². The van der Waals surface area contributed by atoms with E-state index in [2.05, 4.69) is 5.32 Å². The van der Waals surface area contributed by atoms with Crippen LogP contribution in [-0.2, 0) is 6.61 Å². The number of hydrogen-bond donors (Lipinski definition) is 2. The number of rotatable bonds is 4. The number of allylic oxidation sites excluding steroid dienone is 2. The minimum Gasteiger partial charge on any atom is -0.497 e.